The molecule has 0 saturated carbocycles. The lowest BCUT2D eigenvalue weighted by molar-refractivity contribution is 0.101. The summed E-state index contributed by atoms with van der Waals surface area (Å²) in [6.07, 6.45) is 2.12. The third-order valence-electron chi connectivity index (χ3n) is 2.95. The predicted octanol–water partition coefficient (Wildman–Crippen LogP) is 2.27. The smallest absolute Gasteiger partial charge is 0.196 e. The Hall–Kier alpha value is -1.97. The van der Waals surface area contributed by atoms with Crippen molar-refractivity contribution in [2.75, 3.05) is 14.2 Å². The van der Waals surface area contributed by atoms with E-state index >= 15 is 0 Å². The Kier molecular flexibility index (Phi) is 3.04. The summed E-state index contributed by atoms with van der Waals surface area (Å²) in [5.74, 6) is 0.987. The van der Waals surface area contributed by atoms with Crippen LogP contribution < -0.4 is 9.47 Å². The number of aliphatic hydroxyl groups excluding tert-OH is 1. The number of carbonyl (C=O) groups excluding carboxylic acids is 1. The van der Waals surface area contributed by atoms with Crippen molar-refractivity contribution in [1.82, 2.24) is 0 Å². The second-order valence-electron chi connectivity index (χ2n) is 3.85. The Morgan fingerprint density at radius 2 is 2.00 bits per heavy atom. The van der Waals surface area contributed by atoms with Crippen LogP contribution in [0.15, 0.2) is 24.0 Å². The van der Waals surface area contributed by atoms with Gasteiger partial charge in [0.05, 0.1) is 26.0 Å². The van der Waals surface area contributed by atoms with Crippen molar-refractivity contribution in [3.8, 4) is 11.5 Å². The van der Waals surface area contributed by atoms with Gasteiger partial charge in [0.25, 0.3) is 0 Å². The van der Waals surface area contributed by atoms with Gasteiger partial charge >= 0.3 is 0 Å². The molecule has 0 spiro atoms. The molecule has 1 aromatic rings. The summed E-state index contributed by atoms with van der Waals surface area (Å²) in [5.41, 5.74) is 1.85. The molecule has 0 saturated heterocycles. The first kappa shape index (κ1) is 11.5. The Morgan fingerprint density at radius 1 is 1.24 bits per heavy atom. The topological polar surface area (TPSA) is 55.8 Å². The van der Waals surface area contributed by atoms with E-state index < -0.39 is 0 Å². The quantitative estimate of drug-likeness (QED) is 0.630. The molecule has 0 amide bonds. The number of carbonyl (C=O) groups is 1. The van der Waals surface area contributed by atoms with Crippen LogP contribution in [0.3, 0.4) is 0 Å². The molecule has 4 heteroatoms. The molecule has 0 aliphatic heterocycles. The van der Waals surface area contributed by atoms with Gasteiger partial charge < -0.3 is 14.6 Å². The fourth-order valence-corrected chi connectivity index (χ4v) is 2.05. The molecule has 90 valence electrons. The van der Waals surface area contributed by atoms with Gasteiger partial charge in [-0.3, -0.25) is 4.79 Å². The van der Waals surface area contributed by atoms with E-state index in [1.807, 2.05) is 6.07 Å². The third kappa shape index (κ3) is 1.86. The van der Waals surface area contributed by atoms with Crippen LogP contribution in [0.1, 0.15) is 22.3 Å². The second-order valence-corrected chi connectivity index (χ2v) is 3.85. The number of benzene rings is 1. The predicted molar refractivity (Wildman–Crippen MR) is 62.9 cm³/mol. The molecule has 0 unspecified atom stereocenters. The number of hydrogen-bond donors (Lipinski definition) is 1. The zero-order valence-electron chi connectivity index (χ0n) is 9.82. The van der Waals surface area contributed by atoms with E-state index in [4.69, 9.17) is 14.6 Å². The number of hydrogen-bond acceptors (Lipinski definition) is 4. The molecule has 4 nitrogen and oxygen atoms in total. The largest absolute Gasteiger partial charge is 0.515 e. The lowest BCUT2D eigenvalue weighted by Crippen LogP contribution is -2.15. The van der Waals surface area contributed by atoms with E-state index in [0.717, 1.165) is 11.8 Å². The van der Waals surface area contributed by atoms with Gasteiger partial charge in [0, 0.05) is 11.6 Å². The van der Waals surface area contributed by atoms with Gasteiger partial charge in [0.2, 0.25) is 0 Å². The maximum atomic E-state index is 12.1. The standard InChI is InChI=1S/C13H14O4/c1-16-10-5-8-3-4-9(7-14)13(15)12(8)11(6-10)17-2/h5-7,14H,3-4H2,1-2H3. The van der Waals surface area contributed by atoms with Gasteiger partial charge in [-0.05, 0) is 24.5 Å². The lowest BCUT2D eigenvalue weighted by atomic mass is 9.86. The molecule has 0 fully saturated rings. The zero-order chi connectivity index (χ0) is 12.4. The molecule has 0 aromatic heterocycles. The van der Waals surface area contributed by atoms with Crippen LogP contribution in [0.4, 0.5) is 0 Å². The number of allylic oxidation sites excluding steroid dienone is 1. The first-order valence-electron chi connectivity index (χ1n) is 5.34. The molecule has 2 rings (SSSR count). The minimum absolute atomic E-state index is 0.173. The fourth-order valence-electron chi connectivity index (χ4n) is 2.05. The molecule has 0 bridgehead atoms. The van der Waals surface area contributed by atoms with Gasteiger partial charge in [-0.25, -0.2) is 0 Å². The minimum Gasteiger partial charge on any atom is -0.515 e. The monoisotopic (exact) mass is 234 g/mol. The number of fused-ring (bicyclic) bond motifs is 1. The van der Waals surface area contributed by atoms with Crippen molar-refractivity contribution < 1.29 is 19.4 Å². The molecule has 1 aliphatic carbocycles. The highest BCUT2D eigenvalue weighted by Gasteiger charge is 2.26. The number of ether oxygens (including phenoxy) is 2. The Balaban J connectivity index is 2.59. The van der Waals surface area contributed by atoms with E-state index in [1.165, 1.54) is 7.11 Å². The summed E-state index contributed by atoms with van der Waals surface area (Å²) in [4.78, 5) is 12.1. The number of Topliss-reactive ketones (excluding diaryl/α,β-unsaturated/α-hetero) is 1. The van der Waals surface area contributed by atoms with Crippen LogP contribution >= 0.6 is 0 Å². The lowest BCUT2D eigenvalue weighted by Gasteiger charge is -2.20. The summed E-state index contributed by atoms with van der Waals surface area (Å²) >= 11 is 0. The number of ketones is 1. The Morgan fingerprint density at radius 3 is 2.59 bits per heavy atom. The number of rotatable bonds is 2. The van der Waals surface area contributed by atoms with Gasteiger partial charge in [-0.15, -0.1) is 0 Å². The summed E-state index contributed by atoms with van der Waals surface area (Å²) in [7, 11) is 3.09. The summed E-state index contributed by atoms with van der Waals surface area (Å²) < 4.78 is 10.4. The van der Waals surface area contributed by atoms with Gasteiger partial charge in [-0.1, -0.05) is 0 Å². The molecule has 1 N–H and O–H groups in total. The highest BCUT2D eigenvalue weighted by molar-refractivity contribution is 6.12. The van der Waals surface area contributed by atoms with E-state index in [1.54, 1.807) is 13.2 Å². The third-order valence-corrected chi connectivity index (χ3v) is 2.95. The summed E-state index contributed by atoms with van der Waals surface area (Å²) in [6.45, 7) is 0. The van der Waals surface area contributed by atoms with Crippen molar-refractivity contribution in [3.63, 3.8) is 0 Å². The molecule has 17 heavy (non-hydrogen) atoms. The van der Waals surface area contributed by atoms with E-state index in [-0.39, 0.29) is 5.78 Å². The maximum Gasteiger partial charge on any atom is 0.196 e. The van der Waals surface area contributed by atoms with Gasteiger partial charge in [0.1, 0.15) is 11.5 Å². The van der Waals surface area contributed by atoms with Crippen LogP contribution in [0, 0.1) is 0 Å². The normalized spacial score (nSPS) is 16.8. The average Bonchev–Trinajstić information content (AvgIpc) is 2.37. The Bertz CT molecular complexity index is 471. The molecule has 0 radical (unpaired) electrons. The first-order valence-corrected chi connectivity index (χ1v) is 5.34. The van der Waals surface area contributed by atoms with Gasteiger partial charge in [-0.2, -0.15) is 0 Å². The molecule has 0 atom stereocenters. The maximum absolute atomic E-state index is 12.1. The summed E-state index contributed by atoms with van der Waals surface area (Å²) in [5, 5.41) is 9.00. The van der Waals surface area contributed by atoms with Crippen LogP contribution in [0.5, 0.6) is 11.5 Å². The Labute approximate surface area is 99.5 Å². The molecule has 1 aromatic carbocycles. The highest BCUT2D eigenvalue weighted by Crippen LogP contribution is 2.35. The zero-order valence-corrected chi connectivity index (χ0v) is 9.82. The minimum atomic E-state index is -0.173. The van der Waals surface area contributed by atoms with Crippen molar-refractivity contribution in [1.29, 1.82) is 0 Å². The number of aliphatic hydroxyl groups is 1. The average molecular weight is 234 g/mol. The first-order chi connectivity index (χ1) is 8.21. The van der Waals surface area contributed by atoms with Crippen molar-refractivity contribution in [2.24, 2.45) is 0 Å². The molecule has 1 aliphatic rings. The number of methoxy groups -OCH3 is 2. The summed E-state index contributed by atoms with van der Waals surface area (Å²) in [6, 6.07) is 3.51. The van der Waals surface area contributed by atoms with Crippen LogP contribution in [-0.4, -0.2) is 25.1 Å². The van der Waals surface area contributed by atoms with E-state index in [9.17, 15) is 4.79 Å². The highest BCUT2D eigenvalue weighted by atomic mass is 16.5. The van der Waals surface area contributed by atoms with Gasteiger partial charge in [0.15, 0.2) is 5.78 Å². The second kappa shape index (κ2) is 4.49. The molecular formula is C13H14O4. The van der Waals surface area contributed by atoms with Crippen molar-refractivity contribution in [2.45, 2.75) is 12.8 Å². The molecular weight excluding hydrogens is 220 g/mol. The van der Waals surface area contributed by atoms with Crippen molar-refractivity contribution in [3.05, 3.63) is 35.1 Å². The fraction of sp³-hybridized carbons (Fsp3) is 0.308. The number of aryl methyl sites for hydroxylation is 1. The van der Waals surface area contributed by atoms with E-state index in [0.29, 0.717) is 35.5 Å². The van der Waals surface area contributed by atoms with Crippen LogP contribution in [0.25, 0.3) is 0 Å². The SMILES string of the molecule is COc1cc2c(c(OC)c1)C(=O)C(=CO)CC2. The van der Waals surface area contributed by atoms with Crippen LogP contribution in [-0.2, 0) is 6.42 Å². The molecule has 0 heterocycles. The van der Waals surface area contributed by atoms with Crippen molar-refractivity contribution >= 4 is 5.78 Å². The van der Waals surface area contributed by atoms with E-state index in [2.05, 4.69) is 0 Å². The van der Waals surface area contributed by atoms with Crippen LogP contribution in [0.2, 0.25) is 0 Å².